The molecule has 200 valence electrons. The van der Waals surface area contributed by atoms with E-state index in [1.54, 1.807) is 48.2 Å². The fraction of sp³-hybridized carbons (Fsp3) is 0.323. The number of amides is 1. The standard InChI is InChI=1S/C31H28Cl2N2O4/c1-2-38-31(37)28(22-7-8-22)35-27(21-9-13-24(32)14-10-21)29(23-11-15-25(33)16-12-23)39-26(30(35)36)17-19-3-5-20(18-34)6-4-19/h3-6,9-16,22,26-29H,2,7-8,17H2,1H3/t26-,27+,28+,29-/m0/s1. The summed E-state index contributed by atoms with van der Waals surface area (Å²) in [7, 11) is 0. The van der Waals surface area contributed by atoms with Crippen molar-refractivity contribution in [2.45, 2.75) is 50.5 Å². The number of hydrogen-bond donors (Lipinski definition) is 0. The third kappa shape index (κ3) is 5.96. The Morgan fingerprint density at radius 3 is 2.13 bits per heavy atom. The second kappa shape index (κ2) is 11.8. The molecule has 3 aromatic carbocycles. The molecule has 1 heterocycles. The van der Waals surface area contributed by atoms with E-state index in [4.69, 9.17) is 32.7 Å². The monoisotopic (exact) mass is 562 g/mol. The van der Waals surface area contributed by atoms with Crippen LogP contribution in [0.4, 0.5) is 0 Å². The zero-order valence-electron chi connectivity index (χ0n) is 21.4. The molecule has 8 heteroatoms. The van der Waals surface area contributed by atoms with Gasteiger partial charge in [0.05, 0.1) is 24.3 Å². The molecule has 1 saturated heterocycles. The maximum absolute atomic E-state index is 14.3. The molecule has 2 fully saturated rings. The summed E-state index contributed by atoms with van der Waals surface area (Å²) in [6.07, 6.45) is 0.539. The first-order valence-corrected chi connectivity index (χ1v) is 13.8. The van der Waals surface area contributed by atoms with Crippen molar-refractivity contribution in [1.29, 1.82) is 5.26 Å². The van der Waals surface area contributed by atoms with E-state index in [1.165, 1.54) is 0 Å². The normalized spacial score (nSPS) is 21.7. The average molecular weight is 563 g/mol. The predicted octanol–water partition coefficient (Wildman–Crippen LogP) is 6.46. The van der Waals surface area contributed by atoms with Crippen molar-refractivity contribution in [3.63, 3.8) is 0 Å². The molecule has 1 amide bonds. The maximum atomic E-state index is 14.3. The van der Waals surface area contributed by atoms with Gasteiger partial charge in [-0.15, -0.1) is 0 Å². The Bertz CT molecular complexity index is 1370. The third-order valence-electron chi connectivity index (χ3n) is 7.24. The first-order chi connectivity index (χ1) is 18.9. The molecule has 0 unspecified atom stereocenters. The van der Waals surface area contributed by atoms with Gasteiger partial charge in [0, 0.05) is 16.5 Å². The van der Waals surface area contributed by atoms with Crippen LogP contribution in [0.5, 0.6) is 0 Å². The molecule has 3 aromatic rings. The molecule has 5 rings (SSSR count). The van der Waals surface area contributed by atoms with Crippen molar-refractivity contribution in [2.75, 3.05) is 6.61 Å². The van der Waals surface area contributed by atoms with Crippen molar-refractivity contribution in [1.82, 2.24) is 4.90 Å². The van der Waals surface area contributed by atoms with Gasteiger partial charge in [0.15, 0.2) is 0 Å². The van der Waals surface area contributed by atoms with Crippen molar-refractivity contribution in [3.8, 4) is 6.07 Å². The largest absolute Gasteiger partial charge is 0.464 e. The van der Waals surface area contributed by atoms with Crippen molar-refractivity contribution < 1.29 is 19.1 Å². The Hall–Kier alpha value is -3.37. The Morgan fingerprint density at radius 2 is 1.59 bits per heavy atom. The summed E-state index contributed by atoms with van der Waals surface area (Å²) >= 11 is 12.4. The molecule has 39 heavy (non-hydrogen) atoms. The van der Waals surface area contributed by atoms with Gasteiger partial charge in [0.1, 0.15) is 18.2 Å². The number of hydrogen-bond acceptors (Lipinski definition) is 5. The van der Waals surface area contributed by atoms with Crippen LogP contribution in [-0.2, 0) is 25.5 Å². The Kier molecular flexibility index (Phi) is 8.23. The fourth-order valence-electron chi connectivity index (χ4n) is 5.22. The Morgan fingerprint density at radius 1 is 1.00 bits per heavy atom. The summed E-state index contributed by atoms with van der Waals surface area (Å²) in [4.78, 5) is 29.4. The highest BCUT2D eigenvalue weighted by Gasteiger charge is 2.53. The van der Waals surface area contributed by atoms with E-state index in [1.807, 2.05) is 36.4 Å². The highest BCUT2D eigenvalue weighted by atomic mass is 35.5. The van der Waals surface area contributed by atoms with Gasteiger partial charge in [0.2, 0.25) is 0 Å². The third-order valence-corrected chi connectivity index (χ3v) is 7.74. The van der Waals surface area contributed by atoms with Crippen LogP contribution >= 0.6 is 23.2 Å². The van der Waals surface area contributed by atoms with Gasteiger partial charge in [-0.3, -0.25) is 4.79 Å². The highest BCUT2D eigenvalue weighted by Crippen LogP contribution is 2.48. The topological polar surface area (TPSA) is 79.6 Å². The lowest BCUT2D eigenvalue weighted by Gasteiger charge is -2.47. The molecule has 1 aliphatic carbocycles. The van der Waals surface area contributed by atoms with Gasteiger partial charge >= 0.3 is 5.97 Å². The molecule has 1 aliphatic heterocycles. The summed E-state index contributed by atoms with van der Waals surface area (Å²) in [6.45, 7) is 1.99. The summed E-state index contributed by atoms with van der Waals surface area (Å²) in [5.41, 5.74) is 3.03. The molecule has 1 saturated carbocycles. The first-order valence-electron chi connectivity index (χ1n) is 13.0. The van der Waals surface area contributed by atoms with Crippen LogP contribution in [0.15, 0.2) is 72.8 Å². The molecule has 0 N–H and O–H groups in total. The van der Waals surface area contributed by atoms with E-state index in [9.17, 15) is 14.9 Å². The zero-order chi connectivity index (χ0) is 27.5. The van der Waals surface area contributed by atoms with Crippen LogP contribution in [0.2, 0.25) is 10.0 Å². The van der Waals surface area contributed by atoms with E-state index in [-0.39, 0.29) is 18.4 Å². The molecule has 6 nitrogen and oxygen atoms in total. The van der Waals surface area contributed by atoms with Crippen LogP contribution in [-0.4, -0.2) is 35.5 Å². The maximum Gasteiger partial charge on any atom is 0.329 e. The Balaban J connectivity index is 1.62. The zero-order valence-corrected chi connectivity index (χ0v) is 22.9. The van der Waals surface area contributed by atoms with Crippen LogP contribution < -0.4 is 0 Å². The minimum atomic E-state index is -0.849. The van der Waals surface area contributed by atoms with E-state index >= 15 is 0 Å². The van der Waals surface area contributed by atoms with E-state index in [0.717, 1.165) is 29.5 Å². The summed E-state index contributed by atoms with van der Waals surface area (Å²) in [5, 5.41) is 10.3. The van der Waals surface area contributed by atoms with E-state index in [0.29, 0.717) is 22.0 Å². The molecular formula is C31H28Cl2N2O4. The smallest absolute Gasteiger partial charge is 0.329 e. The summed E-state index contributed by atoms with van der Waals surface area (Å²) < 4.78 is 12.1. The molecule has 4 atom stereocenters. The highest BCUT2D eigenvalue weighted by molar-refractivity contribution is 6.30. The van der Waals surface area contributed by atoms with Crippen molar-refractivity contribution >= 4 is 35.1 Å². The molecule has 0 spiro atoms. The van der Waals surface area contributed by atoms with Gasteiger partial charge in [-0.25, -0.2) is 4.79 Å². The SMILES string of the molecule is CCOC(=O)[C@@H](C1CC1)N1C(=O)[C@H](Cc2ccc(C#N)cc2)O[C@@H](c2ccc(Cl)cc2)[C@H]1c1ccc(Cl)cc1. The number of esters is 1. The van der Waals surface area contributed by atoms with Crippen LogP contribution in [0.1, 0.15) is 54.2 Å². The number of benzene rings is 3. The molecule has 2 aliphatic rings. The number of carbonyl (C=O) groups is 2. The van der Waals surface area contributed by atoms with Gasteiger partial charge in [0.25, 0.3) is 5.91 Å². The van der Waals surface area contributed by atoms with E-state index in [2.05, 4.69) is 6.07 Å². The fourth-order valence-corrected chi connectivity index (χ4v) is 5.47. The lowest BCUT2D eigenvalue weighted by Crippen LogP contribution is -2.58. The van der Waals surface area contributed by atoms with Crippen LogP contribution in [0, 0.1) is 17.2 Å². The predicted molar refractivity (Wildman–Crippen MR) is 148 cm³/mol. The second-order valence-corrected chi connectivity index (χ2v) is 10.8. The number of morpholine rings is 1. The summed E-state index contributed by atoms with van der Waals surface area (Å²) in [6, 6.07) is 22.5. The summed E-state index contributed by atoms with van der Waals surface area (Å²) in [5.74, 6) is -0.655. The lowest BCUT2D eigenvalue weighted by molar-refractivity contribution is -0.186. The van der Waals surface area contributed by atoms with Gasteiger partial charge in [-0.1, -0.05) is 59.6 Å². The van der Waals surface area contributed by atoms with Gasteiger partial charge in [-0.2, -0.15) is 5.26 Å². The quantitative estimate of drug-likeness (QED) is 0.294. The number of ether oxygens (including phenoxy) is 2. The van der Waals surface area contributed by atoms with Crippen molar-refractivity contribution in [2.24, 2.45) is 5.92 Å². The van der Waals surface area contributed by atoms with Gasteiger partial charge < -0.3 is 14.4 Å². The number of carbonyl (C=O) groups excluding carboxylic acids is 2. The second-order valence-electron chi connectivity index (χ2n) is 9.89. The van der Waals surface area contributed by atoms with Gasteiger partial charge in [-0.05, 0) is 78.8 Å². The lowest BCUT2D eigenvalue weighted by atomic mass is 9.88. The first kappa shape index (κ1) is 27.2. The van der Waals surface area contributed by atoms with E-state index < -0.39 is 30.3 Å². The van der Waals surface area contributed by atoms with Crippen LogP contribution in [0.25, 0.3) is 0 Å². The van der Waals surface area contributed by atoms with Crippen LogP contribution in [0.3, 0.4) is 0 Å². The molecule has 0 aromatic heterocycles. The number of nitriles is 1. The number of halogens is 2. The van der Waals surface area contributed by atoms with Crippen molar-refractivity contribution in [3.05, 3.63) is 105 Å². The average Bonchev–Trinajstić information content (AvgIpc) is 3.78. The molecule has 0 radical (unpaired) electrons. The minimum Gasteiger partial charge on any atom is -0.464 e. The number of nitrogens with zero attached hydrogens (tertiary/aromatic N) is 2. The minimum absolute atomic E-state index is 0.0160. The molecule has 0 bridgehead atoms. The molecular weight excluding hydrogens is 535 g/mol. The Labute approximate surface area is 238 Å². The number of rotatable bonds is 8.